The van der Waals surface area contributed by atoms with Gasteiger partial charge in [0.2, 0.25) is 0 Å². The van der Waals surface area contributed by atoms with E-state index in [9.17, 15) is 9.59 Å². The summed E-state index contributed by atoms with van der Waals surface area (Å²) in [5.74, 6) is -0.514. The Labute approximate surface area is 112 Å². The molecule has 1 aromatic rings. The Hall–Kier alpha value is -2.28. The second kappa shape index (κ2) is 7.22. The first-order valence-corrected chi connectivity index (χ1v) is 5.80. The zero-order valence-corrected chi connectivity index (χ0v) is 11.1. The van der Waals surface area contributed by atoms with Crippen LogP contribution in [0.1, 0.15) is 10.4 Å². The summed E-state index contributed by atoms with van der Waals surface area (Å²) in [5, 5.41) is 8.19. The van der Waals surface area contributed by atoms with Crippen LogP contribution in [0.25, 0.3) is 0 Å². The van der Waals surface area contributed by atoms with Crippen LogP contribution >= 0.6 is 0 Å². The van der Waals surface area contributed by atoms with Crippen molar-refractivity contribution in [1.82, 2.24) is 15.5 Å². The average molecular weight is 265 g/mol. The highest BCUT2D eigenvalue weighted by Crippen LogP contribution is 2.13. The molecular weight excluding hydrogens is 246 g/mol. The minimum Gasteiger partial charge on any atom is -0.367 e. The van der Waals surface area contributed by atoms with Gasteiger partial charge in [0.1, 0.15) is 0 Å². The van der Waals surface area contributed by atoms with Crippen LogP contribution in [0.5, 0.6) is 0 Å². The van der Waals surface area contributed by atoms with E-state index in [1.165, 1.54) is 0 Å². The number of rotatable bonds is 6. The van der Waals surface area contributed by atoms with E-state index < -0.39 is 5.91 Å². The van der Waals surface area contributed by atoms with Crippen molar-refractivity contribution >= 4 is 17.6 Å². The molecule has 0 aromatic heterocycles. The first-order chi connectivity index (χ1) is 9.00. The second-order valence-corrected chi connectivity index (χ2v) is 4.18. The molecule has 0 spiro atoms. The number of hydrogen-bond acceptors (Lipinski definition) is 4. The lowest BCUT2D eigenvalue weighted by Crippen LogP contribution is -2.42. The van der Waals surface area contributed by atoms with Crippen LogP contribution in [-0.4, -0.2) is 44.3 Å². The molecule has 0 aliphatic rings. The minimum atomic E-state index is -0.514. The van der Waals surface area contributed by atoms with Gasteiger partial charge in [-0.15, -0.1) is 0 Å². The number of hydrogen-bond donors (Lipinski definition) is 4. The highest BCUT2D eigenvalue weighted by atomic mass is 16.2. The third kappa shape index (κ3) is 5.26. The van der Waals surface area contributed by atoms with Gasteiger partial charge in [0.05, 0.1) is 18.9 Å². The normalized spacial score (nSPS) is 10.1. The standard InChI is InChI=1S/C12H19N5O2/c1-17(2)8-16-12(19)15-7-14-10-6-4-3-5-9(10)11(13)18/h3-6,14H,7-8H2,1-2H3,(H2,13,18)(H2,15,16,19). The average Bonchev–Trinajstić information content (AvgIpc) is 2.36. The van der Waals surface area contributed by atoms with E-state index in [0.717, 1.165) is 0 Å². The van der Waals surface area contributed by atoms with E-state index in [-0.39, 0.29) is 12.7 Å². The molecule has 19 heavy (non-hydrogen) atoms. The molecule has 0 heterocycles. The highest BCUT2D eigenvalue weighted by molar-refractivity contribution is 5.98. The first-order valence-electron chi connectivity index (χ1n) is 5.80. The molecule has 0 saturated heterocycles. The van der Waals surface area contributed by atoms with Gasteiger partial charge in [0.25, 0.3) is 5.91 Å². The maximum atomic E-state index is 11.4. The van der Waals surface area contributed by atoms with E-state index in [1.54, 1.807) is 24.3 Å². The Morgan fingerprint density at radius 1 is 1.21 bits per heavy atom. The molecule has 1 aromatic carbocycles. The van der Waals surface area contributed by atoms with Crippen molar-refractivity contribution in [2.45, 2.75) is 0 Å². The zero-order valence-electron chi connectivity index (χ0n) is 11.1. The second-order valence-electron chi connectivity index (χ2n) is 4.18. The smallest absolute Gasteiger partial charge is 0.317 e. The van der Waals surface area contributed by atoms with Crippen molar-refractivity contribution in [2.75, 3.05) is 32.7 Å². The van der Waals surface area contributed by atoms with Gasteiger partial charge in [0, 0.05) is 5.69 Å². The summed E-state index contributed by atoms with van der Waals surface area (Å²) in [6.07, 6.45) is 0. The molecule has 0 unspecified atom stereocenters. The lowest BCUT2D eigenvalue weighted by molar-refractivity contribution is 0.100. The fraction of sp³-hybridized carbons (Fsp3) is 0.333. The number of primary amides is 1. The lowest BCUT2D eigenvalue weighted by atomic mass is 10.1. The molecule has 0 aliphatic heterocycles. The van der Waals surface area contributed by atoms with Gasteiger partial charge >= 0.3 is 6.03 Å². The number of benzene rings is 1. The zero-order chi connectivity index (χ0) is 14.3. The van der Waals surface area contributed by atoms with Crippen molar-refractivity contribution in [3.8, 4) is 0 Å². The summed E-state index contributed by atoms with van der Waals surface area (Å²) >= 11 is 0. The Bertz CT molecular complexity index is 448. The summed E-state index contributed by atoms with van der Waals surface area (Å²) < 4.78 is 0. The van der Waals surface area contributed by atoms with Gasteiger partial charge in [-0.25, -0.2) is 4.79 Å². The Morgan fingerprint density at radius 2 is 1.89 bits per heavy atom. The largest absolute Gasteiger partial charge is 0.367 e. The van der Waals surface area contributed by atoms with Crippen LogP contribution < -0.4 is 21.7 Å². The third-order valence-corrected chi connectivity index (χ3v) is 2.28. The molecule has 3 amide bonds. The Morgan fingerprint density at radius 3 is 2.53 bits per heavy atom. The number of urea groups is 1. The summed E-state index contributed by atoms with van der Waals surface area (Å²) in [5.41, 5.74) is 6.22. The molecule has 0 bridgehead atoms. The number of anilines is 1. The van der Waals surface area contributed by atoms with Crippen LogP contribution in [0.2, 0.25) is 0 Å². The van der Waals surface area contributed by atoms with Crippen molar-refractivity contribution in [2.24, 2.45) is 5.73 Å². The molecule has 5 N–H and O–H groups in total. The number of carbonyl (C=O) groups excluding carboxylic acids is 2. The summed E-state index contributed by atoms with van der Waals surface area (Å²) in [6, 6.07) is 6.55. The number of amides is 3. The molecule has 0 saturated carbocycles. The van der Waals surface area contributed by atoms with E-state index in [4.69, 9.17) is 5.73 Å². The van der Waals surface area contributed by atoms with Gasteiger partial charge in [-0.3, -0.25) is 9.69 Å². The summed E-state index contributed by atoms with van der Waals surface area (Å²) in [6.45, 7) is 0.646. The fourth-order valence-electron chi connectivity index (χ4n) is 1.36. The number of para-hydroxylation sites is 1. The number of nitrogens with two attached hydrogens (primary N) is 1. The molecule has 1 rings (SSSR count). The fourth-order valence-corrected chi connectivity index (χ4v) is 1.36. The van der Waals surface area contributed by atoms with Gasteiger partial charge in [0.15, 0.2) is 0 Å². The van der Waals surface area contributed by atoms with Crippen LogP contribution in [0.3, 0.4) is 0 Å². The maximum Gasteiger partial charge on any atom is 0.317 e. The molecule has 0 radical (unpaired) electrons. The molecule has 7 heteroatoms. The van der Waals surface area contributed by atoms with Crippen LogP contribution in [0.15, 0.2) is 24.3 Å². The van der Waals surface area contributed by atoms with E-state index in [0.29, 0.717) is 17.9 Å². The van der Waals surface area contributed by atoms with E-state index in [1.807, 2.05) is 19.0 Å². The predicted molar refractivity (Wildman–Crippen MR) is 73.7 cm³/mol. The SMILES string of the molecule is CN(C)CNC(=O)NCNc1ccccc1C(N)=O. The Balaban J connectivity index is 2.41. The van der Waals surface area contributed by atoms with Crippen molar-refractivity contribution < 1.29 is 9.59 Å². The van der Waals surface area contributed by atoms with Gasteiger partial charge < -0.3 is 21.7 Å². The lowest BCUT2D eigenvalue weighted by Gasteiger charge is -2.13. The molecule has 104 valence electrons. The minimum absolute atomic E-state index is 0.198. The highest BCUT2D eigenvalue weighted by Gasteiger charge is 2.06. The third-order valence-electron chi connectivity index (χ3n) is 2.28. The van der Waals surface area contributed by atoms with E-state index >= 15 is 0 Å². The monoisotopic (exact) mass is 265 g/mol. The van der Waals surface area contributed by atoms with E-state index in [2.05, 4.69) is 16.0 Å². The summed E-state index contributed by atoms with van der Waals surface area (Å²) in [7, 11) is 3.70. The van der Waals surface area contributed by atoms with Gasteiger partial charge in [-0.05, 0) is 26.2 Å². The Kier molecular flexibility index (Phi) is 5.62. The maximum absolute atomic E-state index is 11.4. The van der Waals surface area contributed by atoms with Gasteiger partial charge in [-0.2, -0.15) is 0 Å². The molecular formula is C12H19N5O2. The molecule has 0 atom stereocenters. The number of carbonyl (C=O) groups is 2. The molecule has 0 fully saturated rings. The quantitative estimate of drug-likeness (QED) is 0.543. The van der Waals surface area contributed by atoms with Gasteiger partial charge in [-0.1, -0.05) is 12.1 Å². The number of nitrogens with one attached hydrogen (secondary N) is 3. The topological polar surface area (TPSA) is 99.5 Å². The van der Waals surface area contributed by atoms with Crippen LogP contribution in [-0.2, 0) is 0 Å². The van der Waals surface area contributed by atoms with Crippen molar-refractivity contribution in [3.05, 3.63) is 29.8 Å². The van der Waals surface area contributed by atoms with Crippen molar-refractivity contribution in [3.63, 3.8) is 0 Å². The van der Waals surface area contributed by atoms with Crippen LogP contribution in [0, 0.1) is 0 Å². The number of nitrogens with zero attached hydrogens (tertiary/aromatic N) is 1. The van der Waals surface area contributed by atoms with Crippen LogP contribution in [0.4, 0.5) is 10.5 Å². The molecule has 0 aliphatic carbocycles. The first kappa shape index (κ1) is 14.8. The summed E-state index contributed by atoms with van der Waals surface area (Å²) in [4.78, 5) is 24.4. The predicted octanol–water partition coefficient (Wildman–Crippen LogP) is -0.0268. The van der Waals surface area contributed by atoms with Crippen molar-refractivity contribution in [1.29, 1.82) is 0 Å². The molecule has 7 nitrogen and oxygen atoms in total.